The van der Waals surface area contributed by atoms with Gasteiger partial charge in [-0.3, -0.25) is 0 Å². The van der Waals surface area contributed by atoms with E-state index in [0.29, 0.717) is 12.5 Å². The molecule has 0 fully saturated rings. The largest absolute Gasteiger partial charge is 0.477 e. The lowest BCUT2D eigenvalue weighted by Gasteiger charge is -2.06. The number of anilines is 1. The molecule has 2 rings (SSSR count). The topological polar surface area (TPSA) is 61.0 Å². The highest BCUT2D eigenvalue weighted by Crippen LogP contribution is 2.30. The first-order chi connectivity index (χ1) is 8.06. The standard InChI is InChI=1S/C12H15N3OS/c1-7(2)4-5-16-10-9-6-8(3)17-11(9)15-12(13)14-10/h6H,1,4-5H2,2-3H3,(H2,13,14,15). The molecule has 0 amide bonds. The molecular formula is C12H15N3OS. The fourth-order valence-corrected chi connectivity index (χ4v) is 2.34. The second-order valence-corrected chi connectivity index (χ2v) is 5.25. The molecule has 17 heavy (non-hydrogen) atoms. The molecule has 0 aliphatic rings. The van der Waals surface area contributed by atoms with Gasteiger partial charge in [0.1, 0.15) is 4.83 Å². The van der Waals surface area contributed by atoms with Crippen LogP contribution >= 0.6 is 11.3 Å². The average molecular weight is 249 g/mol. The van der Waals surface area contributed by atoms with Gasteiger partial charge in [-0.25, -0.2) is 4.98 Å². The summed E-state index contributed by atoms with van der Waals surface area (Å²) in [4.78, 5) is 10.4. The summed E-state index contributed by atoms with van der Waals surface area (Å²) in [7, 11) is 0. The number of fused-ring (bicyclic) bond motifs is 1. The number of aromatic nitrogens is 2. The third-order valence-corrected chi connectivity index (χ3v) is 3.21. The van der Waals surface area contributed by atoms with E-state index in [9.17, 15) is 0 Å². The van der Waals surface area contributed by atoms with Gasteiger partial charge in [-0.15, -0.1) is 17.9 Å². The average Bonchev–Trinajstić information content (AvgIpc) is 2.57. The normalized spacial score (nSPS) is 10.7. The molecule has 0 aliphatic carbocycles. The van der Waals surface area contributed by atoms with Gasteiger partial charge in [0.2, 0.25) is 11.8 Å². The van der Waals surface area contributed by atoms with E-state index in [1.165, 1.54) is 4.88 Å². The smallest absolute Gasteiger partial charge is 0.227 e. The Labute approximate surface area is 104 Å². The third kappa shape index (κ3) is 2.74. The first-order valence-electron chi connectivity index (χ1n) is 5.37. The molecule has 2 N–H and O–H groups in total. The SMILES string of the molecule is C=C(C)CCOc1nc(N)nc2sc(C)cc12. The van der Waals surface area contributed by atoms with Crippen LogP contribution in [0.3, 0.4) is 0 Å². The molecule has 0 spiro atoms. The summed E-state index contributed by atoms with van der Waals surface area (Å²) in [6.07, 6.45) is 0.814. The summed E-state index contributed by atoms with van der Waals surface area (Å²) in [5.41, 5.74) is 6.74. The Kier molecular flexibility index (Phi) is 3.28. The van der Waals surface area contributed by atoms with Crippen molar-refractivity contribution in [1.29, 1.82) is 0 Å². The van der Waals surface area contributed by atoms with Gasteiger partial charge in [0, 0.05) is 11.3 Å². The fraction of sp³-hybridized carbons (Fsp3) is 0.333. The maximum Gasteiger partial charge on any atom is 0.227 e. The van der Waals surface area contributed by atoms with Gasteiger partial charge in [-0.2, -0.15) is 4.98 Å². The summed E-state index contributed by atoms with van der Waals surface area (Å²) >= 11 is 1.59. The number of thiophene rings is 1. The van der Waals surface area contributed by atoms with Crippen molar-refractivity contribution in [2.75, 3.05) is 12.3 Å². The van der Waals surface area contributed by atoms with Crippen LogP contribution in [0.25, 0.3) is 10.2 Å². The minimum absolute atomic E-state index is 0.254. The van der Waals surface area contributed by atoms with Crippen molar-refractivity contribution in [2.45, 2.75) is 20.3 Å². The second-order valence-electron chi connectivity index (χ2n) is 4.02. The molecule has 2 aromatic rings. The van der Waals surface area contributed by atoms with E-state index in [1.807, 2.05) is 19.9 Å². The molecule has 0 atom stereocenters. The van der Waals surface area contributed by atoms with E-state index in [1.54, 1.807) is 11.3 Å². The number of nitrogens with zero attached hydrogens (tertiary/aromatic N) is 2. The van der Waals surface area contributed by atoms with Crippen LogP contribution in [-0.2, 0) is 0 Å². The number of rotatable bonds is 4. The first-order valence-corrected chi connectivity index (χ1v) is 6.19. The zero-order chi connectivity index (χ0) is 12.4. The highest BCUT2D eigenvalue weighted by molar-refractivity contribution is 7.18. The lowest BCUT2D eigenvalue weighted by atomic mass is 10.3. The Morgan fingerprint density at radius 2 is 2.29 bits per heavy atom. The number of nitrogen functional groups attached to an aromatic ring is 1. The van der Waals surface area contributed by atoms with Crippen LogP contribution in [0.4, 0.5) is 5.95 Å². The zero-order valence-corrected chi connectivity index (χ0v) is 10.8. The Hall–Kier alpha value is -1.62. The molecule has 0 aliphatic heterocycles. The highest BCUT2D eigenvalue weighted by atomic mass is 32.1. The number of ether oxygens (including phenoxy) is 1. The van der Waals surface area contributed by atoms with Crippen molar-refractivity contribution in [3.8, 4) is 5.88 Å². The number of hydrogen-bond acceptors (Lipinski definition) is 5. The van der Waals surface area contributed by atoms with Crippen LogP contribution in [0.5, 0.6) is 5.88 Å². The molecule has 4 nitrogen and oxygen atoms in total. The van der Waals surface area contributed by atoms with Crippen LogP contribution in [0.1, 0.15) is 18.2 Å². The summed E-state index contributed by atoms with van der Waals surface area (Å²) in [5.74, 6) is 0.822. The van der Waals surface area contributed by atoms with E-state index in [-0.39, 0.29) is 5.95 Å². The highest BCUT2D eigenvalue weighted by Gasteiger charge is 2.10. The van der Waals surface area contributed by atoms with Crippen LogP contribution in [0.15, 0.2) is 18.2 Å². The number of hydrogen-bond donors (Lipinski definition) is 1. The maximum absolute atomic E-state index is 5.65. The molecule has 90 valence electrons. The van der Waals surface area contributed by atoms with E-state index >= 15 is 0 Å². The molecule has 0 aromatic carbocycles. The third-order valence-electron chi connectivity index (χ3n) is 2.27. The van der Waals surface area contributed by atoms with Crippen molar-refractivity contribution >= 4 is 27.5 Å². The van der Waals surface area contributed by atoms with Gasteiger partial charge in [-0.05, 0) is 19.9 Å². The van der Waals surface area contributed by atoms with Gasteiger partial charge in [0.05, 0.1) is 12.0 Å². The fourth-order valence-electron chi connectivity index (χ4n) is 1.46. The van der Waals surface area contributed by atoms with Crippen molar-refractivity contribution < 1.29 is 4.74 Å². The zero-order valence-electron chi connectivity index (χ0n) is 9.99. The Morgan fingerprint density at radius 3 is 3.00 bits per heavy atom. The van der Waals surface area contributed by atoms with Crippen LogP contribution in [0.2, 0.25) is 0 Å². The Morgan fingerprint density at radius 1 is 1.53 bits per heavy atom. The van der Waals surface area contributed by atoms with Gasteiger partial charge in [0.25, 0.3) is 0 Å². The predicted octanol–water partition coefficient (Wildman–Crippen LogP) is 2.93. The minimum Gasteiger partial charge on any atom is -0.477 e. The van der Waals surface area contributed by atoms with E-state index in [4.69, 9.17) is 10.5 Å². The van der Waals surface area contributed by atoms with E-state index < -0.39 is 0 Å². The summed E-state index contributed by atoms with van der Waals surface area (Å²) in [6.45, 7) is 8.40. The molecule has 0 radical (unpaired) electrons. The maximum atomic E-state index is 5.65. The van der Waals surface area contributed by atoms with Crippen LogP contribution < -0.4 is 10.5 Å². The molecule has 2 heterocycles. The number of nitrogens with two attached hydrogens (primary N) is 1. The van der Waals surface area contributed by atoms with E-state index in [0.717, 1.165) is 22.2 Å². The van der Waals surface area contributed by atoms with Gasteiger partial charge < -0.3 is 10.5 Å². The summed E-state index contributed by atoms with van der Waals surface area (Å²) in [5, 5.41) is 0.934. The molecule has 0 unspecified atom stereocenters. The lowest BCUT2D eigenvalue weighted by molar-refractivity contribution is 0.314. The van der Waals surface area contributed by atoms with Gasteiger partial charge in [-0.1, -0.05) is 5.57 Å². The molecular weight excluding hydrogens is 234 g/mol. The molecule has 0 saturated heterocycles. The molecule has 0 bridgehead atoms. The predicted molar refractivity (Wildman–Crippen MR) is 71.5 cm³/mol. The first kappa shape index (κ1) is 11.9. The van der Waals surface area contributed by atoms with Crippen molar-refractivity contribution in [3.63, 3.8) is 0 Å². The van der Waals surface area contributed by atoms with Crippen LogP contribution in [-0.4, -0.2) is 16.6 Å². The van der Waals surface area contributed by atoms with Crippen molar-refractivity contribution in [2.24, 2.45) is 0 Å². The summed E-state index contributed by atoms with van der Waals surface area (Å²) in [6, 6.07) is 2.02. The molecule has 2 aromatic heterocycles. The van der Waals surface area contributed by atoms with Gasteiger partial charge in [0.15, 0.2) is 0 Å². The number of aryl methyl sites for hydroxylation is 1. The van der Waals surface area contributed by atoms with Gasteiger partial charge >= 0.3 is 0 Å². The minimum atomic E-state index is 0.254. The molecule has 5 heteroatoms. The quantitative estimate of drug-likeness (QED) is 0.846. The second kappa shape index (κ2) is 4.71. The van der Waals surface area contributed by atoms with Crippen LogP contribution in [0, 0.1) is 6.92 Å². The van der Waals surface area contributed by atoms with E-state index in [2.05, 4.69) is 16.5 Å². The molecule has 0 saturated carbocycles. The van der Waals surface area contributed by atoms with Crippen molar-refractivity contribution in [1.82, 2.24) is 9.97 Å². The Bertz CT molecular complexity index is 562. The lowest BCUT2D eigenvalue weighted by Crippen LogP contribution is -2.02. The summed E-state index contributed by atoms with van der Waals surface area (Å²) < 4.78 is 5.64. The monoisotopic (exact) mass is 249 g/mol. The van der Waals surface area contributed by atoms with Crippen molar-refractivity contribution in [3.05, 3.63) is 23.1 Å². The Balaban J connectivity index is 2.28.